The molecule has 0 unspecified atom stereocenters. The Labute approximate surface area is 90.7 Å². The molecule has 0 spiro atoms. The lowest BCUT2D eigenvalue weighted by Gasteiger charge is -2.19. The molecular weight excluding hydrogens is 224 g/mol. The first-order valence-corrected chi connectivity index (χ1v) is 5.41. The normalized spacial score (nSPS) is 11.0. The lowest BCUT2D eigenvalue weighted by Crippen LogP contribution is -2.31. The van der Waals surface area contributed by atoms with Crippen LogP contribution in [0, 0.1) is 0 Å². The Morgan fingerprint density at radius 3 is 2.73 bits per heavy atom. The van der Waals surface area contributed by atoms with Crippen molar-refractivity contribution in [2.45, 2.75) is 19.8 Å². The van der Waals surface area contributed by atoms with Crippen LogP contribution in [0.4, 0.5) is 13.9 Å². The second kappa shape index (κ2) is 5.92. The number of aryl methyl sites for hydroxylation is 1. The summed E-state index contributed by atoms with van der Waals surface area (Å²) >= 11 is 1.08. The maximum Gasteiger partial charge on any atom is 0.255 e. The molecule has 0 amide bonds. The Kier molecular flexibility index (Phi) is 4.83. The van der Waals surface area contributed by atoms with E-state index in [9.17, 15) is 8.78 Å². The van der Waals surface area contributed by atoms with Crippen LogP contribution >= 0.6 is 11.5 Å². The van der Waals surface area contributed by atoms with Crippen LogP contribution in [0.1, 0.15) is 12.7 Å². The smallest absolute Gasteiger partial charge is 0.255 e. The summed E-state index contributed by atoms with van der Waals surface area (Å²) in [5.41, 5.74) is 0. The Hall–Kier alpha value is -0.820. The summed E-state index contributed by atoms with van der Waals surface area (Å²) in [7, 11) is 0. The lowest BCUT2D eigenvalue weighted by atomic mass is 10.5. The summed E-state index contributed by atoms with van der Waals surface area (Å²) in [5.74, 6) is 0.646. The van der Waals surface area contributed by atoms with Crippen molar-refractivity contribution in [2.24, 2.45) is 0 Å². The van der Waals surface area contributed by atoms with Gasteiger partial charge in [-0.25, -0.2) is 13.8 Å². The number of hydrogen-bond acceptors (Lipinski definition) is 5. The third-order valence-corrected chi connectivity index (χ3v) is 2.59. The predicted octanol–water partition coefficient (Wildman–Crippen LogP) is 1.16. The fourth-order valence-electron chi connectivity index (χ4n) is 1.07. The molecule has 0 saturated heterocycles. The van der Waals surface area contributed by atoms with Gasteiger partial charge in [-0.2, -0.15) is 4.37 Å². The van der Waals surface area contributed by atoms with Crippen LogP contribution in [0.25, 0.3) is 0 Å². The van der Waals surface area contributed by atoms with E-state index < -0.39 is 13.0 Å². The summed E-state index contributed by atoms with van der Waals surface area (Å²) in [6.07, 6.45) is -1.76. The summed E-state index contributed by atoms with van der Waals surface area (Å²) in [6, 6.07) is 0. The highest BCUT2D eigenvalue weighted by molar-refractivity contribution is 7.09. The minimum atomic E-state index is -2.44. The average Bonchev–Trinajstić information content (AvgIpc) is 2.64. The Morgan fingerprint density at radius 2 is 2.27 bits per heavy atom. The van der Waals surface area contributed by atoms with Crippen molar-refractivity contribution in [2.75, 3.05) is 24.6 Å². The van der Waals surface area contributed by atoms with Gasteiger partial charge in [-0.15, -0.1) is 0 Å². The van der Waals surface area contributed by atoms with Gasteiger partial charge in [-0.05, 0) is 0 Å². The fraction of sp³-hybridized carbons (Fsp3) is 0.750. The molecule has 0 radical (unpaired) electrons. The van der Waals surface area contributed by atoms with E-state index in [2.05, 4.69) is 9.36 Å². The first kappa shape index (κ1) is 12.3. The highest BCUT2D eigenvalue weighted by atomic mass is 32.1. The van der Waals surface area contributed by atoms with Gasteiger partial charge in [0.15, 0.2) is 0 Å². The molecule has 1 rings (SSSR count). The molecule has 0 bridgehead atoms. The Bertz CT molecular complexity index is 295. The number of aromatic nitrogens is 2. The molecule has 0 saturated carbocycles. The predicted molar refractivity (Wildman–Crippen MR) is 54.6 cm³/mol. The molecule has 0 aliphatic rings. The monoisotopic (exact) mass is 237 g/mol. The summed E-state index contributed by atoms with van der Waals surface area (Å²) in [4.78, 5) is 5.44. The molecule has 0 fully saturated rings. The Morgan fingerprint density at radius 1 is 1.53 bits per heavy atom. The minimum Gasteiger partial charge on any atom is -0.395 e. The zero-order chi connectivity index (χ0) is 11.3. The maximum atomic E-state index is 12.2. The van der Waals surface area contributed by atoms with Gasteiger partial charge >= 0.3 is 0 Å². The molecule has 0 aromatic carbocycles. The van der Waals surface area contributed by atoms with Crippen LogP contribution in [-0.2, 0) is 6.42 Å². The number of alkyl halides is 2. The third kappa shape index (κ3) is 3.67. The molecule has 1 heterocycles. The largest absolute Gasteiger partial charge is 0.395 e. The fourth-order valence-corrected chi connectivity index (χ4v) is 1.85. The minimum absolute atomic E-state index is 0.155. The van der Waals surface area contributed by atoms with Gasteiger partial charge in [-0.1, -0.05) is 6.92 Å². The van der Waals surface area contributed by atoms with Crippen molar-refractivity contribution >= 4 is 16.7 Å². The van der Waals surface area contributed by atoms with Crippen molar-refractivity contribution in [3.8, 4) is 0 Å². The standard InChI is InChI=1S/C8H13F2N3OS/c1-2-7-11-8(15-12-7)13(3-4-14)5-6(9)10/h6,14H,2-5H2,1H3. The van der Waals surface area contributed by atoms with Gasteiger partial charge in [0, 0.05) is 24.5 Å². The molecule has 15 heavy (non-hydrogen) atoms. The van der Waals surface area contributed by atoms with Gasteiger partial charge in [0.1, 0.15) is 5.82 Å². The molecule has 86 valence electrons. The number of anilines is 1. The molecule has 1 aromatic rings. The van der Waals surface area contributed by atoms with Gasteiger partial charge in [0.25, 0.3) is 6.43 Å². The van der Waals surface area contributed by atoms with Crippen molar-refractivity contribution in [1.82, 2.24) is 9.36 Å². The first-order chi connectivity index (χ1) is 7.17. The van der Waals surface area contributed by atoms with Crippen LogP contribution in [0.15, 0.2) is 0 Å². The maximum absolute atomic E-state index is 12.2. The summed E-state index contributed by atoms with van der Waals surface area (Å²) < 4.78 is 28.4. The van der Waals surface area contributed by atoms with Gasteiger partial charge in [0.05, 0.1) is 13.2 Å². The third-order valence-electron chi connectivity index (χ3n) is 1.77. The highest BCUT2D eigenvalue weighted by Gasteiger charge is 2.16. The Balaban J connectivity index is 2.69. The molecule has 0 aliphatic heterocycles. The summed E-state index contributed by atoms with van der Waals surface area (Å²) in [5, 5.41) is 9.19. The number of aliphatic hydroxyl groups excluding tert-OH is 1. The van der Waals surface area contributed by atoms with E-state index in [1.54, 1.807) is 0 Å². The second-order valence-electron chi connectivity index (χ2n) is 2.91. The van der Waals surface area contributed by atoms with E-state index >= 15 is 0 Å². The zero-order valence-electron chi connectivity index (χ0n) is 8.36. The second-order valence-corrected chi connectivity index (χ2v) is 3.64. The molecule has 0 atom stereocenters. The molecular formula is C8H13F2N3OS. The van der Waals surface area contributed by atoms with E-state index in [1.165, 1.54) is 4.90 Å². The summed E-state index contributed by atoms with van der Waals surface area (Å²) in [6.45, 7) is 1.46. The topological polar surface area (TPSA) is 49.2 Å². The van der Waals surface area contributed by atoms with Crippen molar-refractivity contribution in [3.05, 3.63) is 5.82 Å². The van der Waals surface area contributed by atoms with E-state index in [0.29, 0.717) is 17.4 Å². The molecule has 4 nitrogen and oxygen atoms in total. The van der Waals surface area contributed by atoms with Crippen molar-refractivity contribution < 1.29 is 13.9 Å². The number of nitrogens with zero attached hydrogens (tertiary/aromatic N) is 3. The SMILES string of the molecule is CCc1nsc(N(CCO)CC(F)F)n1. The number of aliphatic hydroxyl groups is 1. The number of halogens is 2. The van der Waals surface area contributed by atoms with E-state index in [-0.39, 0.29) is 13.2 Å². The van der Waals surface area contributed by atoms with Gasteiger partial charge in [0.2, 0.25) is 5.13 Å². The van der Waals surface area contributed by atoms with E-state index in [1.807, 2.05) is 6.92 Å². The van der Waals surface area contributed by atoms with E-state index in [0.717, 1.165) is 11.5 Å². The average molecular weight is 237 g/mol. The van der Waals surface area contributed by atoms with Crippen LogP contribution in [0.5, 0.6) is 0 Å². The van der Waals surface area contributed by atoms with Gasteiger partial charge < -0.3 is 10.0 Å². The molecule has 1 N–H and O–H groups in total. The first-order valence-electron chi connectivity index (χ1n) is 4.64. The molecule has 7 heteroatoms. The lowest BCUT2D eigenvalue weighted by molar-refractivity contribution is 0.153. The van der Waals surface area contributed by atoms with Gasteiger partial charge in [-0.3, -0.25) is 0 Å². The zero-order valence-corrected chi connectivity index (χ0v) is 9.18. The van der Waals surface area contributed by atoms with Crippen molar-refractivity contribution in [3.63, 3.8) is 0 Å². The molecule has 0 aliphatic carbocycles. The number of rotatable bonds is 6. The molecule has 1 aromatic heterocycles. The van der Waals surface area contributed by atoms with Crippen molar-refractivity contribution in [1.29, 1.82) is 0 Å². The van der Waals surface area contributed by atoms with E-state index in [4.69, 9.17) is 5.11 Å². The number of hydrogen-bond donors (Lipinski definition) is 1. The quantitative estimate of drug-likeness (QED) is 0.806. The van der Waals surface area contributed by atoms with Crippen LogP contribution in [-0.4, -0.2) is 40.6 Å². The van der Waals surface area contributed by atoms with Crippen LogP contribution < -0.4 is 4.90 Å². The highest BCUT2D eigenvalue weighted by Crippen LogP contribution is 2.18. The van der Waals surface area contributed by atoms with Crippen LogP contribution in [0.2, 0.25) is 0 Å². The van der Waals surface area contributed by atoms with Crippen LogP contribution in [0.3, 0.4) is 0 Å².